The molecule has 1 atom stereocenters. The SMILES string of the molecule is O=C(c1ccccc1)C1CCN(C(=O)C2CCC(=O)N(CCCN3CCCC3=O)C2)CC1. The smallest absolute Gasteiger partial charge is 0.227 e. The lowest BCUT2D eigenvalue weighted by atomic mass is 9.88. The van der Waals surface area contributed by atoms with Crippen LogP contribution in [0.25, 0.3) is 0 Å². The molecule has 1 unspecified atom stereocenters. The summed E-state index contributed by atoms with van der Waals surface area (Å²) >= 11 is 0. The minimum absolute atomic E-state index is 0.0285. The molecular formula is C25H33N3O4. The molecule has 0 radical (unpaired) electrons. The second-order valence-corrected chi connectivity index (χ2v) is 9.24. The lowest BCUT2D eigenvalue weighted by molar-refractivity contribution is -0.144. The standard InChI is InChI=1S/C25H33N3O4/c29-22-8-4-13-26(22)14-5-15-28-18-21(9-10-23(28)30)25(32)27-16-11-20(12-17-27)24(31)19-6-2-1-3-7-19/h1-3,6-7,20-21H,4-5,8-18H2. The molecule has 7 heteroatoms. The van der Waals surface area contributed by atoms with E-state index in [9.17, 15) is 19.2 Å². The van der Waals surface area contributed by atoms with Gasteiger partial charge in [-0.1, -0.05) is 30.3 Å². The lowest BCUT2D eigenvalue weighted by Gasteiger charge is -2.37. The minimum atomic E-state index is -0.164. The monoisotopic (exact) mass is 439 g/mol. The zero-order chi connectivity index (χ0) is 22.5. The minimum Gasteiger partial charge on any atom is -0.343 e. The van der Waals surface area contributed by atoms with E-state index in [-0.39, 0.29) is 35.3 Å². The Balaban J connectivity index is 1.24. The summed E-state index contributed by atoms with van der Waals surface area (Å²) in [5.41, 5.74) is 0.745. The normalized spacial score (nSPS) is 22.5. The Morgan fingerprint density at radius 2 is 1.50 bits per heavy atom. The number of Topliss-reactive ketones (excluding diaryl/α,β-unsaturated/α-hetero) is 1. The number of carbonyl (C=O) groups excluding carboxylic acids is 4. The third-order valence-electron chi connectivity index (χ3n) is 7.11. The molecule has 3 amide bonds. The summed E-state index contributed by atoms with van der Waals surface area (Å²) in [5, 5.41) is 0. The van der Waals surface area contributed by atoms with E-state index in [1.807, 2.05) is 40.1 Å². The molecule has 172 valence electrons. The molecule has 0 saturated carbocycles. The number of carbonyl (C=O) groups is 4. The van der Waals surface area contributed by atoms with Crippen LogP contribution in [0.2, 0.25) is 0 Å². The van der Waals surface area contributed by atoms with Gasteiger partial charge in [-0.05, 0) is 32.1 Å². The van der Waals surface area contributed by atoms with Gasteiger partial charge in [0.25, 0.3) is 0 Å². The highest BCUT2D eigenvalue weighted by molar-refractivity contribution is 5.98. The maximum absolute atomic E-state index is 13.1. The largest absolute Gasteiger partial charge is 0.343 e. The predicted octanol–water partition coefficient (Wildman–Crippen LogP) is 2.36. The van der Waals surface area contributed by atoms with Gasteiger partial charge < -0.3 is 14.7 Å². The van der Waals surface area contributed by atoms with E-state index < -0.39 is 0 Å². The van der Waals surface area contributed by atoms with E-state index in [0.717, 1.165) is 24.9 Å². The van der Waals surface area contributed by atoms with Crippen LogP contribution in [0, 0.1) is 11.8 Å². The number of rotatable bonds is 7. The van der Waals surface area contributed by atoms with Crippen molar-refractivity contribution in [3.63, 3.8) is 0 Å². The van der Waals surface area contributed by atoms with Crippen molar-refractivity contribution in [2.24, 2.45) is 11.8 Å². The molecule has 0 bridgehead atoms. The Hall–Kier alpha value is -2.70. The van der Waals surface area contributed by atoms with Crippen molar-refractivity contribution in [2.75, 3.05) is 39.3 Å². The molecule has 7 nitrogen and oxygen atoms in total. The van der Waals surface area contributed by atoms with Crippen molar-refractivity contribution in [1.82, 2.24) is 14.7 Å². The molecule has 4 rings (SSSR count). The van der Waals surface area contributed by atoms with Gasteiger partial charge in [-0.2, -0.15) is 0 Å². The number of likely N-dealkylation sites (tertiary alicyclic amines) is 3. The number of piperidine rings is 2. The van der Waals surface area contributed by atoms with E-state index in [4.69, 9.17) is 0 Å². The van der Waals surface area contributed by atoms with Crippen LogP contribution in [0.4, 0.5) is 0 Å². The first-order chi connectivity index (χ1) is 15.5. The van der Waals surface area contributed by atoms with Crippen molar-refractivity contribution < 1.29 is 19.2 Å². The third-order valence-corrected chi connectivity index (χ3v) is 7.11. The average molecular weight is 440 g/mol. The number of amides is 3. The fraction of sp³-hybridized carbons (Fsp3) is 0.600. The van der Waals surface area contributed by atoms with Crippen LogP contribution < -0.4 is 0 Å². The summed E-state index contributed by atoms with van der Waals surface area (Å²) in [5.74, 6) is 0.402. The first-order valence-electron chi connectivity index (χ1n) is 12.0. The first kappa shape index (κ1) is 22.5. The molecule has 0 aliphatic carbocycles. The average Bonchev–Trinajstić information content (AvgIpc) is 3.24. The van der Waals surface area contributed by atoms with Crippen molar-refractivity contribution in [1.29, 1.82) is 0 Å². The highest BCUT2D eigenvalue weighted by atomic mass is 16.2. The number of ketones is 1. The van der Waals surface area contributed by atoms with Crippen molar-refractivity contribution >= 4 is 23.5 Å². The Kier molecular flexibility index (Phi) is 7.22. The van der Waals surface area contributed by atoms with Crippen LogP contribution in [-0.2, 0) is 14.4 Å². The van der Waals surface area contributed by atoms with Crippen LogP contribution in [0.3, 0.4) is 0 Å². The van der Waals surface area contributed by atoms with Gasteiger partial charge in [-0.3, -0.25) is 19.2 Å². The zero-order valence-electron chi connectivity index (χ0n) is 18.7. The number of benzene rings is 1. The fourth-order valence-electron chi connectivity index (χ4n) is 5.18. The molecule has 3 aliphatic heterocycles. The van der Waals surface area contributed by atoms with Gasteiger partial charge in [-0.25, -0.2) is 0 Å². The summed E-state index contributed by atoms with van der Waals surface area (Å²) in [4.78, 5) is 55.5. The maximum atomic E-state index is 13.1. The Bertz CT molecular complexity index is 848. The zero-order valence-corrected chi connectivity index (χ0v) is 18.7. The fourth-order valence-corrected chi connectivity index (χ4v) is 5.18. The quantitative estimate of drug-likeness (QED) is 0.611. The second-order valence-electron chi connectivity index (χ2n) is 9.24. The lowest BCUT2D eigenvalue weighted by Crippen LogP contribution is -2.49. The van der Waals surface area contributed by atoms with Gasteiger partial charge in [0.05, 0.1) is 5.92 Å². The summed E-state index contributed by atoms with van der Waals surface area (Å²) in [6.45, 7) is 3.77. The number of hydrogen-bond acceptors (Lipinski definition) is 4. The van der Waals surface area contributed by atoms with Crippen LogP contribution in [-0.4, -0.2) is 77.5 Å². The van der Waals surface area contributed by atoms with Crippen LogP contribution in [0.15, 0.2) is 30.3 Å². The van der Waals surface area contributed by atoms with Crippen molar-refractivity contribution in [2.45, 2.75) is 44.9 Å². The van der Waals surface area contributed by atoms with Crippen LogP contribution >= 0.6 is 0 Å². The molecule has 0 spiro atoms. The topological polar surface area (TPSA) is 78.0 Å². The van der Waals surface area contributed by atoms with Gasteiger partial charge in [0.2, 0.25) is 17.7 Å². The van der Waals surface area contributed by atoms with Gasteiger partial charge in [0.15, 0.2) is 5.78 Å². The molecule has 3 aliphatic rings. The van der Waals surface area contributed by atoms with E-state index in [2.05, 4.69) is 0 Å². The highest BCUT2D eigenvalue weighted by Gasteiger charge is 2.35. The first-order valence-corrected chi connectivity index (χ1v) is 12.0. The third kappa shape index (κ3) is 5.19. The van der Waals surface area contributed by atoms with Gasteiger partial charge in [0.1, 0.15) is 0 Å². The summed E-state index contributed by atoms with van der Waals surface area (Å²) in [6, 6.07) is 9.37. The summed E-state index contributed by atoms with van der Waals surface area (Å²) in [7, 11) is 0. The van der Waals surface area contributed by atoms with E-state index >= 15 is 0 Å². The molecule has 32 heavy (non-hydrogen) atoms. The van der Waals surface area contributed by atoms with E-state index in [0.29, 0.717) is 64.8 Å². The molecule has 0 aromatic heterocycles. The van der Waals surface area contributed by atoms with Crippen molar-refractivity contribution in [3.05, 3.63) is 35.9 Å². The predicted molar refractivity (Wildman–Crippen MR) is 120 cm³/mol. The van der Waals surface area contributed by atoms with Gasteiger partial charge in [-0.15, -0.1) is 0 Å². The molecule has 3 fully saturated rings. The molecule has 1 aromatic rings. The highest BCUT2D eigenvalue weighted by Crippen LogP contribution is 2.26. The van der Waals surface area contributed by atoms with E-state index in [1.165, 1.54) is 0 Å². The molecule has 1 aromatic carbocycles. The summed E-state index contributed by atoms with van der Waals surface area (Å²) < 4.78 is 0. The molecule has 3 heterocycles. The summed E-state index contributed by atoms with van der Waals surface area (Å²) in [6.07, 6.45) is 4.70. The van der Waals surface area contributed by atoms with Crippen molar-refractivity contribution in [3.8, 4) is 0 Å². The van der Waals surface area contributed by atoms with Crippen LogP contribution in [0.5, 0.6) is 0 Å². The van der Waals surface area contributed by atoms with Gasteiger partial charge >= 0.3 is 0 Å². The molecular weight excluding hydrogens is 406 g/mol. The maximum Gasteiger partial charge on any atom is 0.227 e. The Labute approximate surface area is 189 Å². The number of hydrogen-bond donors (Lipinski definition) is 0. The second kappa shape index (κ2) is 10.3. The van der Waals surface area contributed by atoms with E-state index in [1.54, 1.807) is 4.90 Å². The Morgan fingerprint density at radius 1 is 0.812 bits per heavy atom. The van der Waals surface area contributed by atoms with Gasteiger partial charge in [0, 0.05) is 63.6 Å². The van der Waals surface area contributed by atoms with Crippen LogP contribution in [0.1, 0.15) is 55.3 Å². The molecule has 3 saturated heterocycles. The molecule has 0 N–H and O–H groups in total. The Morgan fingerprint density at radius 3 is 2.19 bits per heavy atom. The number of nitrogens with zero attached hydrogens (tertiary/aromatic N) is 3.